The molecule has 0 aliphatic heterocycles. The minimum Gasteiger partial charge on any atom is -0.326 e. The Morgan fingerprint density at radius 2 is 1.73 bits per heavy atom. The summed E-state index contributed by atoms with van der Waals surface area (Å²) in [7, 11) is 0. The molecular formula is C17H17BrN2O2. The molecule has 4 nitrogen and oxygen atoms in total. The van der Waals surface area contributed by atoms with E-state index >= 15 is 0 Å². The number of carbonyl (C=O) groups excluding carboxylic acids is 2. The lowest BCUT2D eigenvalue weighted by Crippen LogP contribution is -2.21. The van der Waals surface area contributed by atoms with Crippen molar-refractivity contribution >= 4 is 39.1 Å². The lowest BCUT2D eigenvalue weighted by atomic mass is 10.1. The van der Waals surface area contributed by atoms with E-state index < -0.39 is 0 Å². The molecule has 0 fully saturated rings. The van der Waals surface area contributed by atoms with Gasteiger partial charge in [0.15, 0.2) is 0 Å². The van der Waals surface area contributed by atoms with E-state index in [1.54, 1.807) is 12.1 Å². The maximum absolute atomic E-state index is 11.9. The summed E-state index contributed by atoms with van der Waals surface area (Å²) >= 11 is 3.33. The first-order chi connectivity index (χ1) is 10.4. The van der Waals surface area contributed by atoms with Gasteiger partial charge in [0, 0.05) is 15.8 Å². The van der Waals surface area contributed by atoms with E-state index in [-0.39, 0.29) is 18.2 Å². The Morgan fingerprint density at radius 3 is 2.41 bits per heavy atom. The van der Waals surface area contributed by atoms with Crippen molar-refractivity contribution in [1.29, 1.82) is 0 Å². The molecule has 114 valence electrons. The van der Waals surface area contributed by atoms with E-state index in [1.165, 1.54) is 0 Å². The third-order valence-electron chi connectivity index (χ3n) is 3.09. The van der Waals surface area contributed by atoms with Crippen molar-refractivity contribution in [3.05, 3.63) is 58.1 Å². The van der Waals surface area contributed by atoms with Gasteiger partial charge in [0.2, 0.25) is 11.8 Å². The molecule has 2 amide bonds. The Bertz CT molecular complexity index is 714. The largest absolute Gasteiger partial charge is 0.326 e. The van der Waals surface area contributed by atoms with Crippen molar-refractivity contribution in [3.63, 3.8) is 0 Å². The van der Waals surface area contributed by atoms with Gasteiger partial charge in [-0.15, -0.1) is 0 Å². The predicted octanol–water partition coefficient (Wildman–Crippen LogP) is 4.03. The van der Waals surface area contributed by atoms with E-state index in [0.29, 0.717) is 5.69 Å². The summed E-state index contributed by atoms with van der Waals surface area (Å²) < 4.78 is 0.866. The highest BCUT2D eigenvalue weighted by Crippen LogP contribution is 2.17. The van der Waals surface area contributed by atoms with E-state index in [4.69, 9.17) is 0 Å². The van der Waals surface area contributed by atoms with Crippen LogP contribution in [0.2, 0.25) is 0 Å². The second-order valence-corrected chi connectivity index (χ2v) is 6.02. The molecule has 2 rings (SSSR count). The van der Waals surface area contributed by atoms with Gasteiger partial charge < -0.3 is 10.6 Å². The maximum Gasteiger partial charge on any atom is 0.233 e. The molecule has 2 N–H and O–H groups in total. The number of amides is 2. The summed E-state index contributed by atoms with van der Waals surface area (Å²) in [5.41, 5.74) is 3.48. The van der Waals surface area contributed by atoms with Crippen molar-refractivity contribution in [2.24, 2.45) is 0 Å². The van der Waals surface area contributed by atoms with Gasteiger partial charge >= 0.3 is 0 Å². The van der Waals surface area contributed by atoms with E-state index in [2.05, 4.69) is 26.6 Å². The van der Waals surface area contributed by atoms with Crippen LogP contribution in [-0.2, 0) is 9.59 Å². The number of anilines is 2. The van der Waals surface area contributed by atoms with Gasteiger partial charge in [-0.25, -0.2) is 0 Å². The Kier molecular flexibility index (Phi) is 5.33. The smallest absolute Gasteiger partial charge is 0.233 e. The third kappa shape index (κ3) is 4.70. The van der Waals surface area contributed by atoms with E-state index in [1.807, 2.05) is 44.2 Å². The quantitative estimate of drug-likeness (QED) is 0.808. The molecule has 0 saturated carbocycles. The highest BCUT2D eigenvalue weighted by Gasteiger charge is 2.11. The fraction of sp³-hybridized carbons (Fsp3) is 0.176. The first kappa shape index (κ1) is 16.2. The molecule has 5 heteroatoms. The molecule has 0 saturated heterocycles. The SMILES string of the molecule is Cc1ccc(NC(=O)CC(=O)Nc2cccc(Br)c2)c(C)c1. The van der Waals surface area contributed by atoms with Crippen LogP contribution in [0.15, 0.2) is 46.9 Å². The number of nitrogens with one attached hydrogen (secondary N) is 2. The molecule has 0 radical (unpaired) electrons. The molecule has 0 unspecified atom stereocenters. The van der Waals surface area contributed by atoms with Crippen LogP contribution >= 0.6 is 15.9 Å². The number of rotatable bonds is 4. The second kappa shape index (κ2) is 7.22. The van der Waals surface area contributed by atoms with Crippen molar-refractivity contribution in [1.82, 2.24) is 0 Å². The second-order valence-electron chi connectivity index (χ2n) is 5.10. The summed E-state index contributed by atoms with van der Waals surface area (Å²) in [4.78, 5) is 23.8. The number of halogens is 1. The Balaban J connectivity index is 1.92. The monoisotopic (exact) mass is 360 g/mol. The molecule has 22 heavy (non-hydrogen) atoms. The number of aryl methyl sites for hydroxylation is 2. The highest BCUT2D eigenvalue weighted by molar-refractivity contribution is 9.10. The summed E-state index contributed by atoms with van der Waals surface area (Å²) in [6.45, 7) is 3.91. The summed E-state index contributed by atoms with van der Waals surface area (Å²) in [5.74, 6) is -0.681. The normalized spacial score (nSPS) is 10.1. The van der Waals surface area contributed by atoms with Crippen molar-refractivity contribution in [3.8, 4) is 0 Å². The van der Waals surface area contributed by atoms with E-state index in [0.717, 1.165) is 21.3 Å². The Morgan fingerprint density at radius 1 is 1.00 bits per heavy atom. The van der Waals surface area contributed by atoms with Crippen LogP contribution in [-0.4, -0.2) is 11.8 Å². The molecule has 0 aromatic heterocycles. The summed E-state index contributed by atoms with van der Waals surface area (Å²) in [6.07, 6.45) is -0.222. The lowest BCUT2D eigenvalue weighted by molar-refractivity contribution is -0.123. The number of hydrogen-bond donors (Lipinski definition) is 2. The average molecular weight is 361 g/mol. The van der Waals surface area contributed by atoms with Crippen molar-refractivity contribution in [2.45, 2.75) is 20.3 Å². The minimum absolute atomic E-state index is 0.222. The van der Waals surface area contributed by atoms with Gasteiger partial charge in [-0.3, -0.25) is 9.59 Å². The third-order valence-corrected chi connectivity index (χ3v) is 3.58. The first-order valence-electron chi connectivity index (χ1n) is 6.86. The molecule has 0 heterocycles. The van der Waals surface area contributed by atoms with Gasteiger partial charge in [-0.1, -0.05) is 39.7 Å². The van der Waals surface area contributed by atoms with Crippen LogP contribution in [0.1, 0.15) is 17.5 Å². The lowest BCUT2D eigenvalue weighted by Gasteiger charge is -2.09. The molecule has 2 aromatic carbocycles. The standard InChI is InChI=1S/C17H17BrN2O2/c1-11-6-7-15(12(2)8-11)20-17(22)10-16(21)19-14-5-3-4-13(18)9-14/h3-9H,10H2,1-2H3,(H,19,21)(H,20,22). The topological polar surface area (TPSA) is 58.2 Å². The van der Waals surface area contributed by atoms with Gasteiger partial charge in [0.1, 0.15) is 6.42 Å². The van der Waals surface area contributed by atoms with Crippen LogP contribution in [0, 0.1) is 13.8 Å². The van der Waals surface area contributed by atoms with E-state index in [9.17, 15) is 9.59 Å². The number of hydrogen-bond acceptors (Lipinski definition) is 2. The zero-order chi connectivity index (χ0) is 16.1. The molecule has 0 spiro atoms. The zero-order valence-electron chi connectivity index (χ0n) is 12.4. The highest BCUT2D eigenvalue weighted by atomic mass is 79.9. The molecular weight excluding hydrogens is 344 g/mol. The van der Waals surface area contributed by atoms with Crippen LogP contribution in [0.3, 0.4) is 0 Å². The molecule has 2 aromatic rings. The van der Waals surface area contributed by atoms with Gasteiger partial charge in [-0.2, -0.15) is 0 Å². The summed E-state index contributed by atoms with van der Waals surface area (Å²) in [6, 6.07) is 13.0. The number of benzene rings is 2. The first-order valence-corrected chi connectivity index (χ1v) is 7.66. The van der Waals surface area contributed by atoms with Crippen LogP contribution < -0.4 is 10.6 Å². The zero-order valence-corrected chi connectivity index (χ0v) is 14.0. The van der Waals surface area contributed by atoms with Gasteiger partial charge in [-0.05, 0) is 43.7 Å². The molecule has 0 bridgehead atoms. The fourth-order valence-electron chi connectivity index (χ4n) is 2.07. The fourth-order valence-corrected chi connectivity index (χ4v) is 2.46. The van der Waals surface area contributed by atoms with Crippen molar-refractivity contribution in [2.75, 3.05) is 10.6 Å². The van der Waals surface area contributed by atoms with Crippen molar-refractivity contribution < 1.29 is 9.59 Å². The molecule has 0 aliphatic rings. The van der Waals surface area contributed by atoms with Gasteiger partial charge in [0.25, 0.3) is 0 Å². The minimum atomic E-state index is -0.347. The molecule has 0 aliphatic carbocycles. The maximum atomic E-state index is 11.9. The van der Waals surface area contributed by atoms with Crippen LogP contribution in [0.4, 0.5) is 11.4 Å². The molecule has 0 atom stereocenters. The Labute approximate surface area is 138 Å². The Hall–Kier alpha value is -2.14. The van der Waals surface area contributed by atoms with Crippen LogP contribution in [0.5, 0.6) is 0 Å². The van der Waals surface area contributed by atoms with Crippen LogP contribution in [0.25, 0.3) is 0 Å². The number of carbonyl (C=O) groups is 2. The predicted molar refractivity (Wildman–Crippen MR) is 91.9 cm³/mol. The van der Waals surface area contributed by atoms with Gasteiger partial charge in [0.05, 0.1) is 0 Å². The summed E-state index contributed by atoms with van der Waals surface area (Å²) in [5, 5.41) is 5.45. The average Bonchev–Trinajstić information content (AvgIpc) is 2.41.